The van der Waals surface area contributed by atoms with E-state index >= 15 is 0 Å². The molecule has 4 heteroatoms. The Kier molecular flexibility index (Phi) is 3.97. The molecule has 0 saturated heterocycles. The van der Waals surface area contributed by atoms with E-state index in [0.29, 0.717) is 0 Å². The largest absolute Gasteiger partial charge is 0.380 e. The Morgan fingerprint density at radius 2 is 2.00 bits per heavy atom. The van der Waals surface area contributed by atoms with E-state index in [1.165, 1.54) is 4.88 Å². The average Bonchev–Trinajstić information content (AvgIpc) is 2.73. The van der Waals surface area contributed by atoms with Crippen LogP contribution < -0.4 is 5.32 Å². The van der Waals surface area contributed by atoms with Gasteiger partial charge in [-0.2, -0.15) is 0 Å². The van der Waals surface area contributed by atoms with Crippen molar-refractivity contribution in [2.75, 3.05) is 5.32 Å². The molecule has 0 aliphatic rings. The van der Waals surface area contributed by atoms with Crippen molar-refractivity contribution in [3.63, 3.8) is 0 Å². The van der Waals surface area contributed by atoms with Crippen LogP contribution in [0.4, 0.5) is 5.69 Å². The van der Waals surface area contributed by atoms with Crippen LogP contribution >= 0.6 is 27.3 Å². The number of nitrogens with one attached hydrogen (secondary N) is 1. The summed E-state index contributed by atoms with van der Waals surface area (Å²) in [4.78, 5) is 12.4. The second-order valence-corrected chi connectivity index (χ2v) is 5.53. The molecule has 0 unspecified atom stereocenters. The van der Waals surface area contributed by atoms with Crippen LogP contribution in [0.5, 0.6) is 0 Å². The Balaban J connectivity index is 2.00. The van der Waals surface area contributed by atoms with E-state index in [9.17, 15) is 4.79 Å². The number of rotatable bonds is 4. The van der Waals surface area contributed by atoms with Gasteiger partial charge in [0.15, 0.2) is 5.78 Å². The summed E-state index contributed by atoms with van der Waals surface area (Å²) in [5.74, 6) is 0.0950. The molecule has 0 aliphatic heterocycles. The molecule has 88 valence electrons. The normalized spacial score (nSPS) is 10.2. The third-order valence-electron chi connectivity index (χ3n) is 2.44. The summed E-state index contributed by atoms with van der Waals surface area (Å²) in [7, 11) is 0. The Morgan fingerprint density at radius 1 is 1.29 bits per heavy atom. The van der Waals surface area contributed by atoms with Crippen LogP contribution in [0.25, 0.3) is 0 Å². The molecule has 0 bridgehead atoms. The molecule has 0 spiro atoms. The summed E-state index contributed by atoms with van der Waals surface area (Å²) in [6.45, 7) is 2.36. The first-order valence-electron chi connectivity index (χ1n) is 5.23. The van der Waals surface area contributed by atoms with Gasteiger partial charge >= 0.3 is 0 Å². The first kappa shape index (κ1) is 12.3. The molecule has 0 atom stereocenters. The second kappa shape index (κ2) is 5.47. The Morgan fingerprint density at radius 3 is 2.53 bits per heavy atom. The van der Waals surface area contributed by atoms with Gasteiger partial charge in [-0.05, 0) is 58.6 Å². The van der Waals surface area contributed by atoms with Gasteiger partial charge in [-0.15, -0.1) is 11.3 Å². The summed E-state index contributed by atoms with van der Waals surface area (Å²) >= 11 is 5.21. The molecule has 0 amide bonds. The SMILES string of the molecule is CC(=O)c1ccc(NCc2sccc2Br)cc1. The van der Waals surface area contributed by atoms with Crippen LogP contribution in [-0.2, 0) is 6.54 Å². The number of anilines is 1. The van der Waals surface area contributed by atoms with E-state index in [4.69, 9.17) is 0 Å². The number of benzene rings is 1. The zero-order valence-electron chi connectivity index (χ0n) is 9.37. The number of hydrogen-bond donors (Lipinski definition) is 1. The fourth-order valence-corrected chi connectivity index (χ4v) is 2.89. The van der Waals surface area contributed by atoms with Crippen molar-refractivity contribution in [3.05, 3.63) is 50.6 Å². The van der Waals surface area contributed by atoms with Crippen molar-refractivity contribution in [1.82, 2.24) is 0 Å². The predicted molar refractivity (Wildman–Crippen MR) is 75.8 cm³/mol. The van der Waals surface area contributed by atoms with Crippen LogP contribution in [0.2, 0.25) is 0 Å². The molecule has 0 radical (unpaired) electrons. The van der Waals surface area contributed by atoms with Crippen molar-refractivity contribution in [1.29, 1.82) is 0 Å². The molecule has 1 aromatic carbocycles. The van der Waals surface area contributed by atoms with Gasteiger partial charge in [-0.3, -0.25) is 4.79 Å². The molecule has 17 heavy (non-hydrogen) atoms. The molecule has 2 nitrogen and oxygen atoms in total. The maximum atomic E-state index is 11.1. The zero-order chi connectivity index (χ0) is 12.3. The topological polar surface area (TPSA) is 29.1 Å². The molecule has 0 aliphatic carbocycles. The lowest BCUT2D eigenvalue weighted by molar-refractivity contribution is 0.101. The van der Waals surface area contributed by atoms with Crippen molar-refractivity contribution < 1.29 is 4.79 Å². The van der Waals surface area contributed by atoms with Crippen molar-refractivity contribution in [2.45, 2.75) is 13.5 Å². The van der Waals surface area contributed by atoms with E-state index in [-0.39, 0.29) is 5.78 Å². The highest BCUT2D eigenvalue weighted by molar-refractivity contribution is 9.10. The maximum Gasteiger partial charge on any atom is 0.159 e. The van der Waals surface area contributed by atoms with Gasteiger partial charge in [0.2, 0.25) is 0 Å². The Hall–Kier alpha value is -1.13. The van der Waals surface area contributed by atoms with Crippen LogP contribution in [0, 0.1) is 0 Å². The van der Waals surface area contributed by atoms with Crippen LogP contribution in [-0.4, -0.2) is 5.78 Å². The number of hydrogen-bond acceptors (Lipinski definition) is 3. The van der Waals surface area contributed by atoms with E-state index < -0.39 is 0 Å². The molecule has 1 N–H and O–H groups in total. The molecule has 1 aromatic heterocycles. The monoisotopic (exact) mass is 309 g/mol. The first-order valence-corrected chi connectivity index (χ1v) is 6.91. The quantitative estimate of drug-likeness (QED) is 0.852. The van der Waals surface area contributed by atoms with Crippen LogP contribution in [0.1, 0.15) is 22.2 Å². The molecule has 0 saturated carbocycles. The highest BCUT2D eigenvalue weighted by atomic mass is 79.9. The van der Waals surface area contributed by atoms with Gasteiger partial charge in [0.1, 0.15) is 0 Å². The minimum absolute atomic E-state index is 0.0950. The van der Waals surface area contributed by atoms with Crippen molar-refractivity contribution in [2.24, 2.45) is 0 Å². The lowest BCUT2D eigenvalue weighted by Gasteiger charge is -2.05. The van der Waals surface area contributed by atoms with Crippen LogP contribution in [0.3, 0.4) is 0 Å². The highest BCUT2D eigenvalue weighted by Gasteiger charge is 2.02. The lowest BCUT2D eigenvalue weighted by atomic mass is 10.1. The van der Waals surface area contributed by atoms with Gasteiger partial charge in [-0.25, -0.2) is 0 Å². The molecule has 2 rings (SSSR count). The summed E-state index contributed by atoms with van der Waals surface area (Å²) in [6, 6.07) is 9.58. The summed E-state index contributed by atoms with van der Waals surface area (Å²) in [5.41, 5.74) is 1.77. The average molecular weight is 310 g/mol. The van der Waals surface area contributed by atoms with Gasteiger partial charge in [0.25, 0.3) is 0 Å². The molecular formula is C13H12BrNOS. The minimum Gasteiger partial charge on any atom is -0.380 e. The molecule has 2 aromatic rings. The van der Waals surface area contributed by atoms with Crippen molar-refractivity contribution >= 4 is 38.7 Å². The van der Waals surface area contributed by atoms with E-state index in [1.807, 2.05) is 30.3 Å². The first-order chi connectivity index (χ1) is 8.16. The Bertz CT molecular complexity index is 518. The maximum absolute atomic E-state index is 11.1. The third-order valence-corrected chi connectivity index (χ3v) is 4.36. The predicted octanol–water partition coefficient (Wildman–Crippen LogP) is 4.33. The number of carbonyl (C=O) groups excluding carboxylic acids is 1. The number of thiophene rings is 1. The number of carbonyl (C=O) groups is 1. The molecular weight excluding hydrogens is 298 g/mol. The lowest BCUT2D eigenvalue weighted by Crippen LogP contribution is -1.98. The van der Waals surface area contributed by atoms with E-state index in [0.717, 1.165) is 22.3 Å². The minimum atomic E-state index is 0.0950. The fraction of sp³-hybridized carbons (Fsp3) is 0.154. The second-order valence-electron chi connectivity index (χ2n) is 3.68. The summed E-state index contributed by atoms with van der Waals surface area (Å²) in [5, 5.41) is 5.38. The molecule has 0 fully saturated rings. The molecule has 1 heterocycles. The number of Topliss-reactive ketones (excluding diaryl/α,β-unsaturated/α-hetero) is 1. The van der Waals surface area contributed by atoms with Gasteiger partial charge in [0, 0.05) is 20.6 Å². The third kappa shape index (κ3) is 3.17. The van der Waals surface area contributed by atoms with E-state index in [2.05, 4.69) is 26.6 Å². The highest BCUT2D eigenvalue weighted by Crippen LogP contribution is 2.23. The van der Waals surface area contributed by atoms with Crippen molar-refractivity contribution in [3.8, 4) is 0 Å². The smallest absolute Gasteiger partial charge is 0.159 e. The summed E-state index contributed by atoms with van der Waals surface area (Å²) in [6.07, 6.45) is 0. The fourth-order valence-electron chi connectivity index (χ4n) is 1.46. The zero-order valence-corrected chi connectivity index (χ0v) is 11.8. The standard InChI is InChI=1S/C13H12BrNOS/c1-9(16)10-2-4-11(5-3-10)15-8-13-12(14)6-7-17-13/h2-7,15H,8H2,1H3. The van der Waals surface area contributed by atoms with Gasteiger partial charge < -0.3 is 5.32 Å². The van der Waals surface area contributed by atoms with Crippen LogP contribution in [0.15, 0.2) is 40.2 Å². The Labute approximate surface area is 113 Å². The van der Waals surface area contributed by atoms with E-state index in [1.54, 1.807) is 18.3 Å². The number of halogens is 1. The van der Waals surface area contributed by atoms with Gasteiger partial charge in [0.05, 0.1) is 6.54 Å². The van der Waals surface area contributed by atoms with Gasteiger partial charge in [-0.1, -0.05) is 0 Å². The number of ketones is 1. The summed E-state index contributed by atoms with van der Waals surface area (Å²) < 4.78 is 1.13.